The first-order valence-electron chi connectivity index (χ1n) is 8.51. The summed E-state index contributed by atoms with van der Waals surface area (Å²) >= 11 is 0. The maximum Gasteiger partial charge on any atom is 0.273 e. The molecule has 3 heterocycles. The topological polar surface area (TPSA) is 132 Å². The Labute approximate surface area is 159 Å². The predicted octanol–water partition coefficient (Wildman–Crippen LogP) is 1.96. The minimum atomic E-state index is -0.511. The third-order valence-electron chi connectivity index (χ3n) is 4.21. The first kappa shape index (κ1) is 17.4. The van der Waals surface area contributed by atoms with Gasteiger partial charge in [-0.3, -0.25) is 19.4 Å². The second-order valence-electron chi connectivity index (χ2n) is 6.34. The van der Waals surface area contributed by atoms with Crippen molar-refractivity contribution in [3.8, 4) is 5.69 Å². The molecule has 0 saturated carbocycles. The average molecular weight is 375 g/mol. The molecule has 0 spiro atoms. The maximum absolute atomic E-state index is 12.3. The third kappa shape index (κ3) is 3.20. The molecule has 4 rings (SSSR count). The van der Waals surface area contributed by atoms with Crippen LogP contribution in [0.3, 0.4) is 0 Å². The zero-order valence-corrected chi connectivity index (χ0v) is 15.2. The molecular weight excluding hydrogens is 358 g/mol. The Morgan fingerprint density at radius 2 is 1.86 bits per heavy atom. The molecule has 1 amide bonds. The van der Waals surface area contributed by atoms with E-state index in [1.807, 2.05) is 19.9 Å². The van der Waals surface area contributed by atoms with Gasteiger partial charge in [0, 0.05) is 29.6 Å². The summed E-state index contributed by atoms with van der Waals surface area (Å²) in [5.41, 5.74) is 7.57. The summed E-state index contributed by atoms with van der Waals surface area (Å²) in [5, 5.41) is 6.36. The number of nitrogens with zero attached hydrogens (tertiary/aromatic N) is 4. The molecule has 9 heteroatoms. The smallest absolute Gasteiger partial charge is 0.273 e. The molecule has 0 saturated heterocycles. The molecular formula is C19H17N7O2. The van der Waals surface area contributed by atoms with Crippen LogP contribution >= 0.6 is 0 Å². The number of aromatic amines is 1. The van der Waals surface area contributed by atoms with E-state index in [2.05, 4.69) is 25.4 Å². The average Bonchev–Trinajstić information content (AvgIpc) is 2.97. The summed E-state index contributed by atoms with van der Waals surface area (Å²) in [6, 6.07) is 10.2. The number of carbonyl (C=O) groups excluding carboxylic acids is 1. The summed E-state index contributed by atoms with van der Waals surface area (Å²) in [6.45, 7) is 3.70. The van der Waals surface area contributed by atoms with Crippen LogP contribution in [0.1, 0.15) is 21.9 Å². The number of H-pyrrole nitrogens is 1. The van der Waals surface area contributed by atoms with Gasteiger partial charge in [-0.1, -0.05) is 0 Å². The lowest BCUT2D eigenvalue weighted by atomic mass is 10.2. The quantitative estimate of drug-likeness (QED) is 0.500. The fourth-order valence-corrected chi connectivity index (χ4v) is 2.99. The van der Waals surface area contributed by atoms with E-state index in [0.29, 0.717) is 39.6 Å². The highest BCUT2D eigenvalue weighted by Crippen LogP contribution is 2.20. The lowest BCUT2D eigenvalue weighted by Gasteiger charge is -2.08. The van der Waals surface area contributed by atoms with Crippen LogP contribution in [0.2, 0.25) is 0 Å². The van der Waals surface area contributed by atoms with Crippen molar-refractivity contribution >= 4 is 28.4 Å². The fourth-order valence-electron chi connectivity index (χ4n) is 2.99. The lowest BCUT2D eigenvalue weighted by Crippen LogP contribution is -2.11. The van der Waals surface area contributed by atoms with Crippen LogP contribution in [-0.4, -0.2) is 30.6 Å². The van der Waals surface area contributed by atoms with Crippen LogP contribution in [0.4, 0.5) is 11.6 Å². The van der Waals surface area contributed by atoms with Crippen molar-refractivity contribution in [1.82, 2.24) is 24.7 Å². The van der Waals surface area contributed by atoms with Crippen molar-refractivity contribution in [3.63, 3.8) is 0 Å². The van der Waals surface area contributed by atoms with E-state index in [1.165, 1.54) is 6.20 Å². The van der Waals surface area contributed by atoms with E-state index in [4.69, 9.17) is 5.73 Å². The van der Waals surface area contributed by atoms with Gasteiger partial charge in [0.25, 0.3) is 5.56 Å². The number of fused-ring (bicyclic) bond motifs is 1. The van der Waals surface area contributed by atoms with Gasteiger partial charge in [0.1, 0.15) is 17.5 Å². The largest absolute Gasteiger partial charge is 0.366 e. The minimum absolute atomic E-state index is 0.262. The molecule has 28 heavy (non-hydrogen) atoms. The van der Waals surface area contributed by atoms with E-state index in [0.717, 1.165) is 5.69 Å². The zero-order chi connectivity index (χ0) is 19.8. The van der Waals surface area contributed by atoms with Gasteiger partial charge in [0.15, 0.2) is 0 Å². The molecule has 0 fully saturated rings. The Morgan fingerprint density at radius 3 is 2.54 bits per heavy atom. The number of amides is 1. The predicted molar refractivity (Wildman–Crippen MR) is 105 cm³/mol. The van der Waals surface area contributed by atoms with E-state index in [1.54, 1.807) is 35.0 Å². The van der Waals surface area contributed by atoms with Crippen LogP contribution in [-0.2, 0) is 0 Å². The molecule has 3 aromatic heterocycles. The molecule has 0 radical (unpaired) electrons. The number of hydrogen-bond acceptors (Lipinski definition) is 6. The molecule has 9 nitrogen and oxygen atoms in total. The van der Waals surface area contributed by atoms with Crippen LogP contribution in [0.25, 0.3) is 16.6 Å². The number of pyridine rings is 1. The number of primary amides is 1. The number of nitrogens with one attached hydrogen (secondary N) is 2. The number of nitrogens with two attached hydrogens (primary N) is 1. The summed E-state index contributed by atoms with van der Waals surface area (Å²) in [4.78, 5) is 36.4. The van der Waals surface area contributed by atoms with Crippen molar-refractivity contribution in [2.75, 3.05) is 5.32 Å². The molecule has 140 valence electrons. The molecule has 0 bridgehead atoms. The Hall–Kier alpha value is -4.01. The van der Waals surface area contributed by atoms with Crippen LogP contribution in [0.15, 0.2) is 47.4 Å². The Kier molecular flexibility index (Phi) is 4.11. The molecule has 4 aromatic rings. The number of rotatable bonds is 4. The summed E-state index contributed by atoms with van der Waals surface area (Å²) in [5.74, 6) is 1.29. The first-order valence-corrected chi connectivity index (χ1v) is 8.51. The van der Waals surface area contributed by atoms with Crippen molar-refractivity contribution in [1.29, 1.82) is 0 Å². The number of aromatic nitrogens is 5. The minimum Gasteiger partial charge on any atom is -0.366 e. The summed E-state index contributed by atoms with van der Waals surface area (Å²) in [6.07, 6.45) is 1.51. The van der Waals surface area contributed by atoms with Gasteiger partial charge in [-0.2, -0.15) is 0 Å². The highest BCUT2D eigenvalue weighted by atomic mass is 16.1. The molecule has 0 aliphatic rings. The molecule has 0 atom stereocenters. The van der Waals surface area contributed by atoms with Crippen molar-refractivity contribution < 1.29 is 4.79 Å². The molecule has 0 unspecified atom stereocenters. The highest BCUT2D eigenvalue weighted by molar-refractivity contribution is 5.93. The Morgan fingerprint density at radius 1 is 1.11 bits per heavy atom. The van der Waals surface area contributed by atoms with Crippen molar-refractivity contribution in [2.24, 2.45) is 5.73 Å². The maximum atomic E-state index is 12.3. The standard InChI is InChI=1S/C19H17N7O2/c1-10-7-17(23-11(2)22-10)24-16-8-15-14(9-21-16)19(28)25-26(15)13-5-3-12(4-6-13)18(20)27/h3-9H,1-2H3,(H2,20,27)(H,25,28)(H,21,22,23,24). The van der Waals surface area contributed by atoms with Gasteiger partial charge in [-0.05, 0) is 38.1 Å². The van der Waals surface area contributed by atoms with E-state index >= 15 is 0 Å². The lowest BCUT2D eigenvalue weighted by molar-refractivity contribution is 0.100. The number of anilines is 2. The Balaban J connectivity index is 1.77. The summed E-state index contributed by atoms with van der Waals surface area (Å²) in [7, 11) is 0. The van der Waals surface area contributed by atoms with E-state index < -0.39 is 5.91 Å². The second kappa shape index (κ2) is 6.62. The Bertz CT molecular complexity index is 1240. The number of hydrogen-bond donors (Lipinski definition) is 3. The van der Waals surface area contributed by atoms with Gasteiger partial charge in [-0.25, -0.2) is 15.0 Å². The van der Waals surface area contributed by atoms with Crippen LogP contribution in [0, 0.1) is 13.8 Å². The fraction of sp³-hybridized carbons (Fsp3) is 0.105. The summed E-state index contributed by atoms with van der Waals surface area (Å²) < 4.78 is 1.63. The molecule has 0 aliphatic heterocycles. The van der Waals surface area contributed by atoms with Crippen LogP contribution in [0.5, 0.6) is 0 Å². The number of benzene rings is 1. The van der Waals surface area contributed by atoms with Crippen LogP contribution < -0.4 is 16.6 Å². The highest BCUT2D eigenvalue weighted by Gasteiger charge is 2.11. The first-order chi connectivity index (χ1) is 13.4. The van der Waals surface area contributed by atoms with E-state index in [9.17, 15) is 9.59 Å². The van der Waals surface area contributed by atoms with Gasteiger partial charge < -0.3 is 11.1 Å². The molecule has 0 aliphatic carbocycles. The molecule has 4 N–H and O–H groups in total. The van der Waals surface area contributed by atoms with Gasteiger partial charge in [0.2, 0.25) is 5.91 Å². The van der Waals surface area contributed by atoms with Gasteiger partial charge in [-0.15, -0.1) is 0 Å². The van der Waals surface area contributed by atoms with Crippen molar-refractivity contribution in [3.05, 3.63) is 70.0 Å². The van der Waals surface area contributed by atoms with Gasteiger partial charge in [0.05, 0.1) is 16.6 Å². The third-order valence-corrected chi connectivity index (χ3v) is 4.21. The van der Waals surface area contributed by atoms with E-state index in [-0.39, 0.29) is 5.56 Å². The van der Waals surface area contributed by atoms with Crippen molar-refractivity contribution in [2.45, 2.75) is 13.8 Å². The normalized spacial score (nSPS) is 10.9. The second-order valence-corrected chi connectivity index (χ2v) is 6.34. The number of aryl methyl sites for hydroxylation is 2. The number of carbonyl (C=O) groups is 1. The van der Waals surface area contributed by atoms with Gasteiger partial charge >= 0.3 is 0 Å². The SMILES string of the molecule is Cc1cc(Nc2cc3c(cn2)c(=O)[nH]n3-c2ccc(C(N)=O)cc2)nc(C)n1. The monoisotopic (exact) mass is 375 g/mol. The zero-order valence-electron chi connectivity index (χ0n) is 15.2. The molecule has 1 aromatic carbocycles.